The van der Waals surface area contributed by atoms with Gasteiger partial charge in [-0.1, -0.05) is 35.6 Å². The van der Waals surface area contributed by atoms with E-state index < -0.39 is 0 Å². The first-order valence-electron chi connectivity index (χ1n) is 6.82. The smallest absolute Gasteiger partial charge is 0.211 e. The summed E-state index contributed by atoms with van der Waals surface area (Å²) < 4.78 is 3.23. The number of para-hydroxylation sites is 1. The fourth-order valence-corrected chi connectivity index (χ4v) is 3.11. The molecule has 0 atom stereocenters. The highest BCUT2D eigenvalue weighted by atomic mass is 32.1. The first-order chi connectivity index (χ1) is 10.7. The van der Waals surface area contributed by atoms with Crippen LogP contribution in [0.2, 0.25) is 0 Å². The van der Waals surface area contributed by atoms with E-state index in [9.17, 15) is 0 Å². The Kier molecular flexibility index (Phi) is 3.86. The van der Waals surface area contributed by atoms with Gasteiger partial charge in [-0.2, -0.15) is 10.4 Å². The quantitative estimate of drug-likeness (QED) is 0.528. The molecule has 3 rings (SSSR count). The molecule has 0 amide bonds. The van der Waals surface area contributed by atoms with E-state index in [4.69, 9.17) is 5.26 Å². The molecule has 1 heterocycles. The van der Waals surface area contributed by atoms with Crippen molar-refractivity contribution >= 4 is 27.3 Å². The van der Waals surface area contributed by atoms with Crippen molar-refractivity contribution in [2.45, 2.75) is 6.92 Å². The highest BCUT2D eigenvalue weighted by molar-refractivity contribution is 7.16. The molecule has 1 aromatic heterocycles. The second kappa shape index (κ2) is 5.96. The van der Waals surface area contributed by atoms with Crippen LogP contribution in [-0.4, -0.2) is 10.3 Å². The minimum absolute atomic E-state index is 0.643. The van der Waals surface area contributed by atoms with Crippen LogP contribution in [-0.2, 0) is 7.05 Å². The minimum atomic E-state index is 0.643. The summed E-state index contributed by atoms with van der Waals surface area (Å²) in [5.74, 6) is 0. The predicted octanol–water partition coefficient (Wildman–Crippen LogP) is 3.44. The molecule has 3 aromatic rings. The van der Waals surface area contributed by atoms with E-state index in [0.29, 0.717) is 5.56 Å². The van der Waals surface area contributed by atoms with Crippen LogP contribution >= 0.6 is 11.3 Å². The van der Waals surface area contributed by atoms with Gasteiger partial charge in [0.1, 0.15) is 0 Å². The zero-order chi connectivity index (χ0) is 15.5. The van der Waals surface area contributed by atoms with Gasteiger partial charge in [0, 0.05) is 7.05 Å². The molecule has 22 heavy (non-hydrogen) atoms. The van der Waals surface area contributed by atoms with E-state index >= 15 is 0 Å². The number of fused-ring (bicyclic) bond motifs is 1. The van der Waals surface area contributed by atoms with Gasteiger partial charge in [-0.3, -0.25) is 0 Å². The number of nitrogens with zero attached hydrogens (tertiary/aromatic N) is 4. The monoisotopic (exact) mass is 306 g/mol. The number of aromatic nitrogens is 1. The van der Waals surface area contributed by atoms with Gasteiger partial charge in [0.15, 0.2) is 0 Å². The number of rotatable bonds is 2. The van der Waals surface area contributed by atoms with Gasteiger partial charge in [0.05, 0.1) is 27.6 Å². The molecule has 0 aliphatic heterocycles. The molecule has 0 aliphatic carbocycles. The van der Waals surface area contributed by atoms with Crippen LogP contribution in [0.15, 0.2) is 58.7 Å². The predicted molar refractivity (Wildman–Crippen MR) is 89.7 cm³/mol. The lowest BCUT2D eigenvalue weighted by atomic mass is 10.1. The van der Waals surface area contributed by atoms with E-state index in [1.165, 1.54) is 4.70 Å². The summed E-state index contributed by atoms with van der Waals surface area (Å²) in [5.41, 5.74) is 3.58. The number of hydrogen-bond donors (Lipinski definition) is 0. The molecule has 0 radical (unpaired) electrons. The molecule has 0 unspecified atom stereocenters. The van der Waals surface area contributed by atoms with Crippen molar-refractivity contribution in [1.29, 1.82) is 5.26 Å². The highest BCUT2D eigenvalue weighted by Crippen LogP contribution is 2.15. The van der Waals surface area contributed by atoms with E-state index in [1.807, 2.05) is 42.8 Å². The molecule has 0 fully saturated rings. The zero-order valence-corrected chi connectivity index (χ0v) is 13.1. The van der Waals surface area contributed by atoms with Crippen molar-refractivity contribution in [3.8, 4) is 6.07 Å². The lowest BCUT2D eigenvalue weighted by Crippen LogP contribution is -2.09. The molecule has 4 nitrogen and oxygen atoms in total. The number of thiazole rings is 1. The van der Waals surface area contributed by atoms with Crippen LogP contribution in [0.25, 0.3) is 10.2 Å². The summed E-state index contributed by atoms with van der Waals surface area (Å²) in [4.78, 5) is 0.856. The maximum Gasteiger partial charge on any atom is 0.211 e. The van der Waals surface area contributed by atoms with Crippen LogP contribution < -0.4 is 4.80 Å². The molecule has 0 saturated carbocycles. The number of hydrogen-bond acceptors (Lipinski definition) is 4. The largest absolute Gasteiger partial charge is 0.318 e. The molecule has 5 heteroatoms. The fraction of sp³-hybridized carbons (Fsp3) is 0.118. The van der Waals surface area contributed by atoms with Crippen molar-refractivity contribution in [1.82, 2.24) is 4.57 Å². The van der Waals surface area contributed by atoms with E-state index in [-0.39, 0.29) is 0 Å². The fourth-order valence-electron chi connectivity index (χ4n) is 2.14. The Balaban J connectivity index is 1.99. The van der Waals surface area contributed by atoms with Gasteiger partial charge < -0.3 is 4.57 Å². The third-order valence-electron chi connectivity index (χ3n) is 3.43. The summed E-state index contributed by atoms with van der Waals surface area (Å²) in [6.07, 6.45) is 0. The molecular formula is C17H14N4S. The van der Waals surface area contributed by atoms with Crippen LogP contribution in [0.1, 0.15) is 18.1 Å². The number of nitriles is 1. The first-order valence-corrected chi connectivity index (χ1v) is 7.64. The maximum absolute atomic E-state index is 8.82. The molecule has 108 valence electrons. The van der Waals surface area contributed by atoms with Gasteiger partial charge in [-0.05, 0) is 36.8 Å². The summed E-state index contributed by atoms with van der Waals surface area (Å²) in [6.45, 7) is 1.91. The van der Waals surface area contributed by atoms with Crippen molar-refractivity contribution in [2.75, 3.05) is 0 Å². The third-order valence-corrected chi connectivity index (χ3v) is 4.54. The molecule has 0 bridgehead atoms. The van der Waals surface area contributed by atoms with Crippen LogP contribution in [0.4, 0.5) is 0 Å². The lowest BCUT2D eigenvalue weighted by molar-refractivity contribution is 0.888. The normalized spacial score (nSPS) is 12.6. The first kappa shape index (κ1) is 14.2. The second-order valence-electron chi connectivity index (χ2n) is 4.89. The van der Waals surface area contributed by atoms with Crippen molar-refractivity contribution in [2.24, 2.45) is 17.3 Å². The zero-order valence-electron chi connectivity index (χ0n) is 12.3. The average Bonchev–Trinajstić information content (AvgIpc) is 2.89. The van der Waals surface area contributed by atoms with Gasteiger partial charge in [0.25, 0.3) is 0 Å². The Bertz CT molecular complexity index is 953. The summed E-state index contributed by atoms with van der Waals surface area (Å²) >= 11 is 1.61. The number of benzene rings is 2. The molecule has 2 aromatic carbocycles. The van der Waals surface area contributed by atoms with Gasteiger partial charge in [-0.15, -0.1) is 5.10 Å². The van der Waals surface area contributed by atoms with Gasteiger partial charge in [0.2, 0.25) is 4.80 Å². The van der Waals surface area contributed by atoms with Crippen LogP contribution in [0.5, 0.6) is 0 Å². The molecule has 0 aliphatic rings. The molecule has 0 spiro atoms. The van der Waals surface area contributed by atoms with Gasteiger partial charge in [-0.25, -0.2) is 0 Å². The second-order valence-corrected chi connectivity index (χ2v) is 5.90. The molecule has 0 N–H and O–H groups in total. The van der Waals surface area contributed by atoms with E-state index in [2.05, 4.69) is 28.4 Å². The molecule has 0 saturated heterocycles. The standard InChI is InChI=1S/C17H14N4S/c1-12(14-9-7-13(11-18)8-10-14)19-20-17-21(2)15-5-3-4-6-16(15)22-17/h3-10H,1-2H3/b19-12-,20-17+. The summed E-state index contributed by atoms with van der Waals surface area (Å²) in [7, 11) is 1.99. The molecular weight excluding hydrogens is 292 g/mol. The van der Waals surface area contributed by atoms with E-state index in [0.717, 1.165) is 21.6 Å². The van der Waals surface area contributed by atoms with Crippen LogP contribution in [0, 0.1) is 11.3 Å². The summed E-state index contributed by atoms with van der Waals surface area (Å²) in [6, 6.07) is 17.6. The Labute approximate surface area is 132 Å². The Morgan fingerprint density at radius 3 is 2.55 bits per heavy atom. The number of aryl methyl sites for hydroxylation is 1. The third kappa shape index (κ3) is 2.69. The van der Waals surface area contributed by atoms with E-state index in [1.54, 1.807) is 23.5 Å². The van der Waals surface area contributed by atoms with Crippen molar-refractivity contribution in [3.05, 3.63) is 64.5 Å². The maximum atomic E-state index is 8.82. The lowest BCUT2D eigenvalue weighted by Gasteiger charge is -1.98. The Hall–Kier alpha value is -2.71. The SMILES string of the molecule is C/C(=N/N=c1/sc2ccccc2n1C)c1ccc(C#N)cc1. The average molecular weight is 306 g/mol. The Morgan fingerprint density at radius 2 is 1.86 bits per heavy atom. The van der Waals surface area contributed by atoms with Gasteiger partial charge >= 0.3 is 0 Å². The highest BCUT2D eigenvalue weighted by Gasteiger charge is 2.01. The summed E-state index contributed by atoms with van der Waals surface area (Å²) in [5, 5.41) is 17.5. The van der Waals surface area contributed by atoms with Crippen molar-refractivity contribution < 1.29 is 0 Å². The Morgan fingerprint density at radius 1 is 1.14 bits per heavy atom. The topological polar surface area (TPSA) is 53.4 Å². The van der Waals surface area contributed by atoms with Crippen LogP contribution in [0.3, 0.4) is 0 Å². The van der Waals surface area contributed by atoms with Crippen molar-refractivity contribution in [3.63, 3.8) is 0 Å². The minimum Gasteiger partial charge on any atom is -0.318 e.